The van der Waals surface area contributed by atoms with Crippen LogP contribution < -0.4 is 10.2 Å². The molecule has 3 N–H and O–H groups in total. The maximum atomic E-state index is 13.3. The number of aromatic hydroxyl groups is 3. The molecule has 0 amide bonds. The minimum Gasteiger partial charge on any atom is -0.507 e. The van der Waals surface area contributed by atoms with Crippen molar-refractivity contribution in [3.05, 3.63) is 45.1 Å². The summed E-state index contributed by atoms with van der Waals surface area (Å²) in [5.41, 5.74) is 1.39. The second-order valence-electron chi connectivity index (χ2n) is 8.44. The Hall–Kier alpha value is -3.15. The van der Waals surface area contributed by atoms with E-state index in [-0.39, 0.29) is 39.5 Å². The summed E-state index contributed by atoms with van der Waals surface area (Å²) >= 11 is 0. The zero-order valence-corrected chi connectivity index (χ0v) is 17.1. The lowest BCUT2D eigenvalue weighted by atomic mass is 9.79. The first kappa shape index (κ1) is 19.2. The van der Waals surface area contributed by atoms with Gasteiger partial charge in [0.25, 0.3) is 0 Å². The van der Waals surface area contributed by atoms with E-state index in [0.717, 1.165) is 5.57 Å². The van der Waals surface area contributed by atoms with Gasteiger partial charge in [-0.25, -0.2) is 0 Å². The second kappa shape index (κ2) is 6.17. The molecule has 152 valence electrons. The maximum Gasteiger partial charge on any atom is 0.204 e. The molecule has 1 aliphatic heterocycles. The smallest absolute Gasteiger partial charge is 0.204 e. The summed E-state index contributed by atoms with van der Waals surface area (Å²) in [6.45, 7) is 9.82. The lowest BCUT2D eigenvalue weighted by Gasteiger charge is -2.22. The molecule has 0 fully saturated rings. The van der Waals surface area contributed by atoms with Crippen LogP contribution in [0.4, 0.5) is 0 Å². The average Bonchev–Trinajstić information content (AvgIpc) is 2.87. The van der Waals surface area contributed by atoms with Crippen molar-refractivity contribution < 1.29 is 24.5 Å². The Kier molecular flexibility index (Phi) is 4.08. The van der Waals surface area contributed by atoms with Crippen LogP contribution in [0.15, 0.2) is 33.0 Å². The molecule has 1 atom stereocenters. The Labute approximate surface area is 167 Å². The monoisotopic (exact) mass is 396 g/mol. The van der Waals surface area contributed by atoms with Crippen LogP contribution in [-0.2, 0) is 11.8 Å². The summed E-state index contributed by atoms with van der Waals surface area (Å²) in [5.74, 6) is -0.561. The SMILES string of the molecule is CC(C)=CCc1c2c(c3oc4c(O)c(O)ccc4c(=O)c3c1O)C(C)(C)C(C)O2. The van der Waals surface area contributed by atoms with E-state index >= 15 is 0 Å². The van der Waals surface area contributed by atoms with Gasteiger partial charge in [0.1, 0.15) is 28.6 Å². The standard InChI is InChI=1S/C23H24O6/c1-10(2)6-7-12-17(25)15-18(26)13-8-9-14(24)19(27)21(13)29-22(15)16-20(12)28-11(3)23(16,4)5/h6,8-9,11,24-25,27H,7H2,1-5H3. The lowest BCUT2D eigenvalue weighted by molar-refractivity contribution is 0.184. The number of phenols is 3. The molecular formula is C23H24O6. The molecule has 0 spiro atoms. The zero-order chi connectivity index (χ0) is 21.2. The second-order valence-corrected chi connectivity index (χ2v) is 8.44. The van der Waals surface area contributed by atoms with E-state index < -0.39 is 16.6 Å². The van der Waals surface area contributed by atoms with E-state index in [2.05, 4.69) is 0 Å². The Morgan fingerprint density at radius 1 is 1.14 bits per heavy atom. The number of hydrogen-bond donors (Lipinski definition) is 3. The van der Waals surface area contributed by atoms with Crippen molar-refractivity contribution in [3.63, 3.8) is 0 Å². The number of phenolic OH excluding ortho intramolecular Hbond substituents is 3. The van der Waals surface area contributed by atoms with Gasteiger partial charge in [-0.2, -0.15) is 0 Å². The van der Waals surface area contributed by atoms with Crippen molar-refractivity contribution in [2.45, 2.75) is 52.6 Å². The van der Waals surface area contributed by atoms with Crippen molar-refractivity contribution in [1.29, 1.82) is 0 Å². The molecule has 1 aliphatic rings. The summed E-state index contributed by atoms with van der Waals surface area (Å²) in [4.78, 5) is 13.3. The highest BCUT2D eigenvalue weighted by Gasteiger charge is 2.44. The molecule has 3 aromatic rings. The van der Waals surface area contributed by atoms with Crippen molar-refractivity contribution in [1.82, 2.24) is 0 Å². The molecule has 2 heterocycles. The first-order chi connectivity index (χ1) is 13.6. The minimum atomic E-state index is -0.506. The van der Waals surface area contributed by atoms with Crippen LogP contribution in [0, 0.1) is 0 Å². The Morgan fingerprint density at radius 2 is 1.83 bits per heavy atom. The number of allylic oxidation sites excluding steroid dienone is 2. The predicted molar refractivity (Wildman–Crippen MR) is 111 cm³/mol. The van der Waals surface area contributed by atoms with E-state index in [9.17, 15) is 20.1 Å². The first-order valence-electron chi connectivity index (χ1n) is 9.55. The van der Waals surface area contributed by atoms with E-state index in [0.29, 0.717) is 23.3 Å². The Balaban J connectivity index is 2.24. The third kappa shape index (κ3) is 2.58. The van der Waals surface area contributed by atoms with E-state index in [1.165, 1.54) is 12.1 Å². The molecule has 29 heavy (non-hydrogen) atoms. The molecule has 0 saturated heterocycles. The van der Waals surface area contributed by atoms with E-state index in [1.54, 1.807) is 0 Å². The number of benzene rings is 2. The van der Waals surface area contributed by atoms with Crippen LogP contribution in [0.5, 0.6) is 23.0 Å². The van der Waals surface area contributed by atoms with E-state index in [1.807, 2.05) is 40.7 Å². The van der Waals surface area contributed by atoms with Crippen LogP contribution in [0.3, 0.4) is 0 Å². The lowest BCUT2D eigenvalue weighted by Crippen LogP contribution is -2.29. The van der Waals surface area contributed by atoms with Gasteiger partial charge in [-0.1, -0.05) is 25.5 Å². The summed E-state index contributed by atoms with van der Waals surface area (Å²) < 4.78 is 12.1. The fourth-order valence-electron chi connectivity index (χ4n) is 3.88. The van der Waals surface area contributed by atoms with Crippen LogP contribution in [0.2, 0.25) is 0 Å². The first-order valence-corrected chi connectivity index (χ1v) is 9.55. The Bertz CT molecular complexity index is 1260. The van der Waals surface area contributed by atoms with Gasteiger partial charge in [-0.05, 0) is 39.3 Å². The molecule has 1 aromatic heterocycles. The third-order valence-electron chi connectivity index (χ3n) is 5.93. The van der Waals surface area contributed by atoms with Gasteiger partial charge in [0, 0.05) is 16.5 Å². The molecule has 4 rings (SSSR count). The number of ether oxygens (including phenoxy) is 1. The van der Waals surface area contributed by atoms with Crippen molar-refractivity contribution in [2.75, 3.05) is 0 Å². The summed E-state index contributed by atoms with van der Waals surface area (Å²) in [7, 11) is 0. The van der Waals surface area contributed by atoms with Gasteiger partial charge >= 0.3 is 0 Å². The fraction of sp³-hybridized carbons (Fsp3) is 0.348. The highest BCUT2D eigenvalue weighted by molar-refractivity contribution is 5.99. The maximum absolute atomic E-state index is 13.3. The van der Waals surface area contributed by atoms with Crippen LogP contribution >= 0.6 is 0 Å². The largest absolute Gasteiger partial charge is 0.507 e. The summed E-state index contributed by atoms with van der Waals surface area (Å²) in [6, 6.07) is 2.60. The van der Waals surface area contributed by atoms with Gasteiger partial charge in [-0.15, -0.1) is 0 Å². The Morgan fingerprint density at radius 3 is 2.48 bits per heavy atom. The number of fused-ring (bicyclic) bond motifs is 4. The molecule has 2 aromatic carbocycles. The molecule has 0 bridgehead atoms. The fourth-order valence-corrected chi connectivity index (χ4v) is 3.88. The molecule has 6 heteroatoms. The molecule has 0 saturated carbocycles. The minimum absolute atomic E-state index is 0.0595. The topological polar surface area (TPSA) is 100 Å². The van der Waals surface area contributed by atoms with Gasteiger partial charge in [0.15, 0.2) is 11.3 Å². The van der Waals surface area contributed by atoms with Gasteiger partial charge in [-0.3, -0.25) is 4.79 Å². The highest BCUT2D eigenvalue weighted by Crippen LogP contribution is 2.52. The van der Waals surface area contributed by atoms with Gasteiger partial charge in [0.2, 0.25) is 11.2 Å². The van der Waals surface area contributed by atoms with Crippen molar-refractivity contribution >= 4 is 21.9 Å². The van der Waals surface area contributed by atoms with Crippen molar-refractivity contribution in [2.24, 2.45) is 0 Å². The normalized spacial score (nSPS) is 17.3. The molecule has 6 nitrogen and oxygen atoms in total. The van der Waals surface area contributed by atoms with Crippen LogP contribution in [0.1, 0.15) is 45.7 Å². The zero-order valence-electron chi connectivity index (χ0n) is 17.1. The molecule has 0 aliphatic carbocycles. The molecular weight excluding hydrogens is 372 g/mol. The average molecular weight is 396 g/mol. The van der Waals surface area contributed by atoms with Crippen molar-refractivity contribution in [3.8, 4) is 23.0 Å². The number of hydrogen-bond acceptors (Lipinski definition) is 6. The molecule has 1 unspecified atom stereocenters. The quantitative estimate of drug-likeness (QED) is 0.332. The van der Waals surface area contributed by atoms with Crippen LogP contribution in [0.25, 0.3) is 21.9 Å². The van der Waals surface area contributed by atoms with Gasteiger partial charge in [0.05, 0.1) is 5.39 Å². The highest BCUT2D eigenvalue weighted by atomic mass is 16.5. The number of rotatable bonds is 2. The summed E-state index contributed by atoms with van der Waals surface area (Å²) in [6.07, 6.45) is 2.16. The third-order valence-corrected chi connectivity index (χ3v) is 5.93. The predicted octanol–water partition coefficient (Wildman–Crippen LogP) is 4.63. The van der Waals surface area contributed by atoms with Gasteiger partial charge < -0.3 is 24.5 Å². The van der Waals surface area contributed by atoms with E-state index in [4.69, 9.17) is 9.15 Å². The summed E-state index contributed by atoms with van der Waals surface area (Å²) in [5, 5.41) is 31.3. The molecule has 0 radical (unpaired) electrons. The van der Waals surface area contributed by atoms with Crippen LogP contribution in [-0.4, -0.2) is 21.4 Å².